The number of hydrogen-bond donors (Lipinski definition) is 1. The standard InChI is InChI=1S/C23H21F3N4O3/c1-14-29-30-22(32-14)21(31)28-18-8-5-15(6-9-18)11-16-3-2-4-19(12-16)33-20-10-7-17(13-27-20)23(24,25)26/h2-4,7,10-13,18H,5-6,8-9H2,1H3,(H,28,31). The molecule has 2 heterocycles. The predicted octanol–water partition coefficient (Wildman–Crippen LogP) is 5.34. The molecule has 1 fully saturated rings. The van der Waals surface area contributed by atoms with Gasteiger partial charge in [-0.3, -0.25) is 4.79 Å². The van der Waals surface area contributed by atoms with Crippen LogP contribution in [0.4, 0.5) is 13.2 Å². The summed E-state index contributed by atoms with van der Waals surface area (Å²) in [6, 6.07) is 9.41. The van der Waals surface area contributed by atoms with Gasteiger partial charge >= 0.3 is 18.0 Å². The normalized spacial score (nSPS) is 16.4. The number of halogens is 3. The van der Waals surface area contributed by atoms with Crippen LogP contribution in [0, 0.1) is 6.92 Å². The lowest BCUT2D eigenvalue weighted by atomic mass is 9.89. The average Bonchev–Trinajstić information content (AvgIpc) is 3.22. The zero-order chi connectivity index (χ0) is 23.4. The molecule has 10 heteroatoms. The Morgan fingerprint density at radius 3 is 2.61 bits per heavy atom. The summed E-state index contributed by atoms with van der Waals surface area (Å²) in [5.74, 6) is 0.505. The van der Waals surface area contributed by atoms with Gasteiger partial charge in [-0.15, -0.1) is 10.2 Å². The summed E-state index contributed by atoms with van der Waals surface area (Å²) in [5, 5.41) is 10.3. The Labute approximate surface area is 187 Å². The highest BCUT2D eigenvalue weighted by Gasteiger charge is 2.30. The molecule has 0 spiro atoms. The van der Waals surface area contributed by atoms with Crippen molar-refractivity contribution in [2.75, 3.05) is 0 Å². The lowest BCUT2D eigenvalue weighted by molar-refractivity contribution is -0.137. The summed E-state index contributed by atoms with van der Waals surface area (Å²) in [6.45, 7) is 1.63. The number of nitrogens with one attached hydrogen (secondary N) is 1. The van der Waals surface area contributed by atoms with Gasteiger partial charge in [-0.2, -0.15) is 13.2 Å². The average molecular weight is 458 g/mol. The molecule has 7 nitrogen and oxygen atoms in total. The van der Waals surface area contributed by atoms with Crippen LogP contribution < -0.4 is 10.1 Å². The molecule has 2 aromatic heterocycles. The summed E-state index contributed by atoms with van der Waals surface area (Å²) >= 11 is 0. The molecule has 0 bridgehead atoms. The van der Waals surface area contributed by atoms with E-state index in [2.05, 4.69) is 26.6 Å². The highest BCUT2D eigenvalue weighted by molar-refractivity contribution is 5.89. The summed E-state index contributed by atoms with van der Waals surface area (Å²) in [4.78, 5) is 15.9. The van der Waals surface area contributed by atoms with Crippen molar-refractivity contribution in [3.05, 3.63) is 71.1 Å². The molecule has 1 saturated carbocycles. The van der Waals surface area contributed by atoms with E-state index in [0.29, 0.717) is 11.6 Å². The minimum atomic E-state index is -4.44. The molecule has 172 valence electrons. The molecule has 1 N–H and O–H groups in total. The van der Waals surface area contributed by atoms with Gasteiger partial charge in [0, 0.05) is 25.2 Å². The van der Waals surface area contributed by atoms with E-state index in [9.17, 15) is 18.0 Å². The number of carbonyl (C=O) groups is 1. The Morgan fingerprint density at radius 2 is 1.97 bits per heavy atom. The predicted molar refractivity (Wildman–Crippen MR) is 112 cm³/mol. The first-order valence-electron chi connectivity index (χ1n) is 10.4. The first kappa shape index (κ1) is 22.5. The highest BCUT2D eigenvalue weighted by atomic mass is 19.4. The zero-order valence-electron chi connectivity index (χ0n) is 17.7. The van der Waals surface area contributed by atoms with Crippen molar-refractivity contribution in [3.8, 4) is 11.6 Å². The molecule has 0 unspecified atom stereocenters. The number of rotatable bonds is 5. The van der Waals surface area contributed by atoms with Crippen LogP contribution in [0.2, 0.25) is 0 Å². The molecular formula is C23H21F3N4O3. The number of hydrogen-bond acceptors (Lipinski definition) is 6. The monoisotopic (exact) mass is 458 g/mol. The van der Waals surface area contributed by atoms with Crippen molar-refractivity contribution in [1.29, 1.82) is 0 Å². The smallest absolute Gasteiger partial charge is 0.417 e. The van der Waals surface area contributed by atoms with Gasteiger partial charge < -0.3 is 14.5 Å². The van der Waals surface area contributed by atoms with E-state index >= 15 is 0 Å². The largest absolute Gasteiger partial charge is 0.439 e. The third-order valence-corrected chi connectivity index (χ3v) is 5.20. The first-order chi connectivity index (χ1) is 15.8. The summed E-state index contributed by atoms with van der Waals surface area (Å²) in [5.41, 5.74) is 1.32. The second-order valence-corrected chi connectivity index (χ2v) is 7.73. The van der Waals surface area contributed by atoms with Crippen LogP contribution in [-0.4, -0.2) is 27.1 Å². The van der Waals surface area contributed by atoms with Crippen LogP contribution in [0.15, 0.2) is 52.6 Å². The van der Waals surface area contributed by atoms with Crippen LogP contribution in [-0.2, 0) is 6.18 Å². The van der Waals surface area contributed by atoms with E-state index in [1.54, 1.807) is 19.1 Å². The van der Waals surface area contributed by atoms with Gasteiger partial charge in [0.1, 0.15) is 5.75 Å². The number of carbonyl (C=O) groups excluding carboxylic acids is 1. The first-order valence-corrected chi connectivity index (χ1v) is 10.4. The molecule has 4 rings (SSSR count). The van der Waals surface area contributed by atoms with E-state index in [1.807, 2.05) is 12.1 Å². The minimum Gasteiger partial charge on any atom is -0.439 e. The van der Waals surface area contributed by atoms with E-state index in [1.165, 1.54) is 11.6 Å². The fourth-order valence-electron chi connectivity index (χ4n) is 3.55. The molecule has 1 amide bonds. The number of aryl methyl sites for hydroxylation is 1. The third-order valence-electron chi connectivity index (χ3n) is 5.20. The van der Waals surface area contributed by atoms with Crippen LogP contribution in [0.3, 0.4) is 0 Å². The van der Waals surface area contributed by atoms with E-state index in [0.717, 1.165) is 43.5 Å². The van der Waals surface area contributed by atoms with Gasteiger partial charge in [-0.1, -0.05) is 23.8 Å². The lowest BCUT2D eigenvalue weighted by Gasteiger charge is -2.24. The van der Waals surface area contributed by atoms with Gasteiger partial charge in [0.05, 0.1) is 5.56 Å². The molecular weight excluding hydrogens is 437 g/mol. The summed E-state index contributed by atoms with van der Waals surface area (Å²) < 4.78 is 48.8. The number of benzene rings is 1. The molecule has 0 aliphatic heterocycles. The topological polar surface area (TPSA) is 90.1 Å². The fraction of sp³-hybridized carbons (Fsp3) is 0.304. The number of alkyl halides is 3. The molecule has 0 saturated heterocycles. The quantitative estimate of drug-likeness (QED) is 0.555. The fourth-order valence-corrected chi connectivity index (χ4v) is 3.55. The van der Waals surface area contributed by atoms with Crippen molar-refractivity contribution in [3.63, 3.8) is 0 Å². The molecule has 1 aliphatic carbocycles. The summed E-state index contributed by atoms with van der Waals surface area (Å²) in [7, 11) is 0. The number of allylic oxidation sites excluding steroid dienone is 1. The van der Waals surface area contributed by atoms with Gasteiger partial charge in [-0.25, -0.2) is 4.98 Å². The molecule has 0 atom stereocenters. The van der Waals surface area contributed by atoms with Crippen molar-refractivity contribution < 1.29 is 27.1 Å². The van der Waals surface area contributed by atoms with Crippen molar-refractivity contribution in [2.45, 2.75) is 44.8 Å². The maximum atomic E-state index is 12.7. The SMILES string of the molecule is Cc1nnc(C(=O)NC2CCC(=Cc3cccc(Oc4ccc(C(F)(F)F)cn4)c3)CC2)o1. The van der Waals surface area contributed by atoms with E-state index in [-0.39, 0.29) is 23.7 Å². The zero-order valence-corrected chi connectivity index (χ0v) is 17.7. The van der Waals surface area contributed by atoms with Crippen molar-refractivity contribution >= 4 is 12.0 Å². The molecule has 1 aliphatic rings. The maximum Gasteiger partial charge on any atom is 0.417 e. The Bertz CT molecular complexity index is 1150. The third kappa shape index (κ3) is 5.97. The van der Waals surface area contributed by atoms with Gasteiger partial charge in [0.2, 0.25) is 11.8 Å². The maximum absolute atomic E-state index is 12.7. The van der Waals surface area contributed by atoms with Crippen molar-refractivity contribution in [2.24, 2.45) is 0 Å². The van der Waals surface area contributed by atoms with E-state index in [4.69, 9.17) is 9.15 Å². The van der Waals surface area contributed by atoms with Gasteiger partial charge in [0.25, 0.3) is 0 Å². The molecule has 1 aromatic carbocycles. The second-order valence-electron chi connectivity index (χ2n) is 7.73. The highest BCUT2D eigenvalue weighted by Crippen LogP contribution is 2.31. The van der Waals surface area contributed by atoms with Crippen LogP contribution in [0.25, 0.3) is 6.08 Å². The second kappa shape index (κ2) is 9.43. The minimum absolute atomic E-state index is 0.0299. The number of aromatic nitrogens is 3. The van der Waals surface area contributed by atoms with E-state index < -0.39 is 11.7 Å². The number of amides is 1. The molecule has 3 aromatic rings. The Balaban J connectivity index is 1.33. The Kier molecular flexibility index (Phi) is 6.43. The summed E-state index contributed by atoms with van der Waals surface area (Å²) in [6.07, 6.45) is 1.58. The molecule has 33 heavy (non-hydrogen) atoms. The number of pyridine rings is 1. The number of ether oxygens (including phenoxy) is 1. The van der Waals surface area contributed by atoms with Gasteiger partial charge in [-0.05, 0) is 49.4 Å². The Morgan fingerprint density at radius 1 is 1.18 bits per heavy atom. The molecule has 0 radical (unpaired) electrons. The van der Waals surface area contributed by atoms with Crippen LogP contribution >= 0.6 is 0 Å². The van der Waals surface area contributed by atoms with Crippen LogP contribution in [0.5, 0.6) is 11.6 Å². The van der Waals surface area contributed by atoms with Crippen molar-refractivity contribution in [1.82, 2.24) is 20.5 Å². The van der Waals surface area contributed by atoms with Crippen LogP contribution in [0.1, 0.15) is 53.4 Å². The lowest BCUT2D eigenvalue weighted by Crippen LogP contribution is -2.36. The van der Waals surface area contributed by atoms with Gasteiger partial charge in [0.15, 0.2) is 0 Å². The Hall–Kier alpha value is -3.69. The number of nitrogens with zero attached hydrogens (tertiary/aromatic N) is 3.